The molecule has 3 nitrogen and oxygen atoms in total. The highest BCUT2D eigenvalue weighted by Gasteiger charge is 2.00. The average Bonchev–Trinajstić information content (AvgIpc) is 2.29. The van der Waals surface area contributed by atoms with Gasteiger partial charge in [0.15, 0.2) is 0 Å². The quantitative estimate of drug-likeness (QED) is 0.484. The number of pyridine rings is 1. The highest BCUT2D eigenvalue weighted by Crippen LogP contribution is 2.05. The molecule has 0 aromatic carbocycles. The maximum Gasteiger partial charge on any atom is 0.220 e. The zero-order valence-electron chi connectivity index (χ0n) is 8.87. The van der Waals surface area contributed by atoms with Crippen molar-refractivity contribution in [1.82, 2.24) is 10.3 Å². The molecule has 1 aromatic heterocycles. The van der Waals surface area contributed by atoms with Crippen molar-refractivity contribution < 1.29 is 4.79 Å². The maximum absolute atomic E-state index is 11.3. The van der Waals surface area contributed by atoms with Crippen molar-refractivity contribution in [2.75, 3.05) is 0 Å². The molecule has 0 atom stereocenters. The van der Waals surface area contributed by atoms with E-state index in [1.807, 2.05) is 6.07 Å². The van der Waals surface area contributed by atoms with E-state index in [-0.39, 0.29) is 5.91 Å². The summed E-state index contributed by atoms with van der Waals surface area (Å²) in [6.45, 7) is 0.471. The Kier molecular flexibility index (Phi) is 5.38. The van der Waals surface area contributed by atoms with Crippen molar-refractivity contribution in [3.8, 4) is 12.3 Å². The van der Waals surface area contributed by atoms with Gasteiger partial charge in [0.25, 0.3) is 0 Å². The van der Waals surface area contributed by atoms with E-state index >= 15 is 0 Å². The highest BCUT2D eigenvalue weighted by molar-refractivity contribution is 6.29. The molecule has 0 radical (unpaired) electrons. The third-order valence-electron chi connectivity index (χ3n) is 2.00. The normalized spacial score (nSPS) is 9.50. The summed E-state index contributed by atoms with van der Waals surface area (Å²) in [6, 6.07) is 3.53. The van der Waals surface area contributed by atoms with E-state index < -0.39 is 0 Å². The summed E-state index contributed by atoms with van der Waals surface area (Å²) in [7, 11) is 0. The second kappa shape index (κ2) is 6.86. The fourth-order valence-electron chi connectivity index (χ4n) is 1.15. The standard InChI is InChI=1S/C12H13ClN2O/c1-2-3-4-5-12(16)15-9-10-6-7-11(13)14-8-10/h1,6-8H,3-5,9H2,(H,15,16). The number of hydrogen-bond donors (Lipinski definition) is 1. The van der Waals surface area contributed by atoms with E-state index in [2.05, 4.69) is 16.2 Å². The number of unbranched alkanes of at least 4 members (excludes halogenated alkanes) is 1. The average molecular weight is 237 g/mol. The second-order valence-electron chi connectivity index (χ2n) is 3.32. The van der Waals surface area contributed by atoms with Crippen molar-refractivity contribution in [2.24, 2.45) is 0 Å². The third-order valence-corrected chi connectivity index (χ3v) is 2.23. The first-order valence-electron chi connectivity index (χ1n) is 5.03. The van der Waals surface area contributed by atoms with Gasteiger partial charge in [0.1, 0.15) is 5.15 Å². The second-order valence-corrected chi connectivity index (χ2v) is 3.71. The van der Waals surface area contributed by atoms with Gasteiger partial charge >= 0.3 is 0 Å². The zero-order chi connectivity index (χ0) is 11.8. The van der Waals surface area contributed by atoms with Gasteiger partial charge in [-0.2, -0.15) is 0 Å². The summed E-state index contributed by atoms with van der Waals surface area (Å²) in [5.74, 6) is 2.50. The fourth-order valence-corrected chi connectivity index (χ4v) is 1.26. The summed E-state index contributed by atoms with van der Waals surface area (Å²) in [5.41, 5.74) is 0.926. The van der Waals surface area contributed by atoms with Crippen LogP contribution in [0.1, 0.15) is 24.8 Å². The molecule has 0 aliphatic heterocycles. The lowest BCUT2D eigenvalue weighted by Crippen LogP contribution is -2.22. The SMILES string of the molecule is C#CCCCC(=O)NCc1ccc(Cl)nc1. The van der Waals surface area contributed by atoms with Crippen LogP contribution in [0.25, 0.3) is 0 Å². The van der Waals surface area contributed by atoms with E-state index in [9.17, 15) is 4.79 Å². The first kappa shape index (κ1) is 12.5. The molecule has 0 bridgehead atoms. The van der Waals surface area contributed by atoms with E-state index in [1.165, 1.54) is 0 Å². The molecule has 0 unspecified atom stereocenters. The molecule has 1 N–H and O–H groups in total. The molecular formula is C12H13ClN2O. The Hall–Kier alpha value is -1.53. The van der Waals surface area contributed by atoms with Gasteiger partial charge < -0.3 is 5.32 Å². The van der Waals surface area contributed by atoms with Gasteiger partial charge in [-0.1, -0.05) is 17.7 Å². The van der Waals surface area contributed by atoms with Crippen LogP contribution in [0.4, 0.5) is 0 Å². The number of carbonyl (C=O) groups is 1. The molecule has 1 amide bonds. The first-order chi connectivity index (χ1) is 7.72. The van der Waals surface area contributed by atoms with Crippen LogP contribution in [0.2, 0.25) is 5.15 Å². The number of rotatable bonds is 5. The van der Waals surface area contributed by atoms with Crippen LogP contribution in [0, 0.1) is 12.3 Å². The van der Waals surface area contributed by atoms with E-state index in [4.69, 9.17) is 18.0 Å². The van der Waals surface area contributed by atoms with Crippen LogP contribution >= 0.6 is 11.6 Å². The van der Waals surface area contributed by atoms with E-state index in [0.717, 1.165) is 12.0 Å². The van der Waals surface area contributed by atoms with Gasteiger partial charge in [-0.15, -0.1) is 12.3 Å². The van der Waals surface area contributed by atoms with E-state index in [1.54, 1.807) is 12.3 Å². The number of hydrogen-bond acceptors (Lipinski definition) is 2. The fraction of sp³-hybridized carbons (Fsp3) is 0.333. The molecule has 0 aliphatic carbocycles. The summed E-state index contributed by atoms with van der Waals surface area (Å²) >= 11 is 5.64. The van der Waals surface area contributed by atoms with E-state index in [0.29, 0.717) is 24.5 Å². The Balaban J connectivity index is 2.26. The largest absolute Gasteiger partial charge is 0.352 e. The number of amides is 1. The molecule has 16 heavy (non-hydrogen) atoms. The molecule has 84 valence electrons. The molecular weight excluding hydrogens is 224 g/mol. The molecule has 1 aromatic rings. The molecule has 0 aliphatic rings. The monoisotopic (exact) mass is 236 g/mol. The Morgan fingerprint density at radius 2 is 2.38 bits per heavy atom. The Morgan fingerprint density at radius 1 is 1.56 bits per heavy atom. The van der Waals surface area contributed by atoms with Crippen LogP contribution in [0.5, 0.6) is 0 Å². The van der Waals surface area contributed by atoms with Crippen molar-refractivity contribution in [1.29, 1.82) is 0 Å². The first-order valence-corrected chi connectivity index (χ1v) is 5.41. The Bertz CT molecular complexity index is 381. The number of halogens is 1. The topological polar surface area (TPSA) is 42.0 Å². The Labute approximate surface area is 100 Å². The lowest BCUT2D eigenvalue weighted by Gasteiger charge is -2.04. The van der Waals surface area contributed by atoms with Crippen molar-refractivity contribution in [3.05, 3.63) is 29.0 Å². The minimum atomic E-state index is 0.00481. The summed E-state index contributed by atoms with van der Waals surface area (Å²) in [6.07, 6.45) is 8.56. The lowest BCUT2D eigenvalue weighted by atomic mass is 10.2. The molecule has 1 heterocycles. The zero-order valence-corrected chi connectivity index (χ0v) is 9.63. The minimum Gasteiger partial charge on any atom is -0.352 e. The van der Waals surface area contributed by atoms with Gasteiger partial charge in [-0.05, 0) is 18.1 Å². The summed E-state index contributed by atoms with van der Waals surface area (Å²) in [4.78, 5) is 15.3. The van der Waals surface area contributed by atoms with Crippen LogP contribution in [0.15, 0.2) is 18.3 Å². The number of terminal acetylenes is 1. The van der Waals surface area contributed by atoms with Gasteiger partial charge in [-0.25, -0.2) is 4.98 Å². The summed E-state index contributed by atoms with van der Waals surface area (Å²) < 4.78 is 0. The molecule has 0 fully saturated rings. The summed E-state index contributed by atoms with van der Waals surface area (Å²) in [5, 5.41) is 3.23. The van der Waals surface area contributed by atoms with Gasteiger partial charge in [0.05, 0.1) is 0 Å². The maximum atomic E-state index is 11.3. The van der Waals surface area contributed by atoms with Crippen LogP contribution in [0.3, 0.4) is 0 Å². The lowest BCUT2D eigenvalue weighted by molar-refractivity contribution is -0.121. The minimum absolute atomic E-state index is 0.00481. The van der Waals surface area contributed by atoms with Crippen LogP contribution < -0.4 is 5.32 Å². The number of aromatic nitrogens is 1. The number of nitrogens with one attached hydrogen (secondary N) is 1. The molecule has 0 saturated carbocycles. The molecule has 4 heteroatoms. The smallest absolute Gasteiger partial charge is 0.220 e. The van der Waals surface area contributed by atoms with Crippen molar-refractivity contribution in [3.63, 3.8) is 0 Å². The van der Waals surface area contributed by atoms with Gasteiger partial charge in [0.2, 0.25) is 5.91 Å². The predicted octanol–water partition coefficient (Wildman–Crippen LogP) is 2.15. The number of nitrogens with zero attached hydrogens (tertiary/aromatic N) is 1. The van der Waals surface area contributed by atoms with Gasteiger partial charge in [-0.3, -0.25) is 4.79 Å². The van der Waals surface area contributed by atoms with Crippen LogP contribution in [-0.2, 0) is 11.3 Å². The number of carbonyl (C=O) groups excluding carboxylic acids is 1. The predicted molar refractivity (Wildman–Crippen MR) is 63.8 cm³/mol. The molecule has 0 spiro atoms. The van der Waals surface area contributed by atoms with Gasteiger partial charge in [0, 0.05) is 25.6 Å². The third kappa shape index (κ3) is 4.81. The molecule has 0 saturated heterocycles. The van der Waals surface area contributed by atoms with Crippen LogP contribution in [-0.4, -0.2) is 10.9 Å². The Morgan fingerprint density at radius 3 is 3.00 bits per heavy atom. The molecule has 1 rings (SSSR count). The van der Waals surface area contributed by atoms with Crippen molar-refractivity contribution in [2.45, 2.75) is 25.8 Å². The highest BCUT2D eigenvalue weighted by atomic mass is 35.5. The van der Waals surface area contributed by atoms with Crippen molar-refractivity contribution >= 4 is 17.5 Å².